The number of nitrogens with zero attached hydrogens (tertiary/aromatic N) is 3. The van der Waals surface area contributed by atoms with E-state index in [1.165, 1.54) is 0 Å². The van der Waals surface area contributed by atoms with Crippen molar-refractivity contribution in [1.29, 1.82) is 0 Å². The minimum Gasteiger partial charge on any atom is -0.497 e. The predicted octanol–water partition coefficient (Wildman–Crippen LogP) is 3.32. The third-order valence-corrected chi connectivity index (χ3v) is 4.04. The quantitative estimate of drug-likeness (QED) is 0.341. The molecule has 1 heterocycles. The first-order valence-electron chi connectivity index (χ1n) is 8.82. The van der Waals surface area contributed by atoms with E-state index in [0.717, 1.165) is 28.6 Å². The topological polar surface area (TPSA) is 68.2 Å². The minimum absolute atomic E-state index is 0. The molecule has 0 spiro atoms. The van der Waals surface area contributed by atoms with Gasteiger partial charge in [-0.15, -0.1) is 24.0 Å². The lowest BCUT2D eigenvalue weighted by atomic mass is 10.2. The van der Waals surface area contributed by atoms with Gasteiger partial charge in [0, 0.05) is 50.6 Å². The molecule has 1 aromatic carbocycles. The zero-order valence-electron chi connectivity index (χ0n) is 17.1. The summed E-state index contributed by atoms with van der Waals surface area (Å²) in [6, 6.07) is 9.68. The average Bonchev–Trinajstić information content (AvgIpc) is 2.70. The molecule has 0 unspecified atom stereocenters. The first-order valence-corrected chi connectivity index (χ1v) is 8.82. The van der Waals surface area contributed by atoms with Crippen LogP contribution in [0.5, 0.6) is 17.4 Å². The summed E-state index contributed by atoms with van der Waals surface area (Å²) in [5.41, 5.74) is 2.02. The maximum Gasteiger partial charge on any atom is 0.218 e. The number of pyridine rings is 1. The lowest BCUT2D eigenvalue weighted by molar-refractivity contribution is 0.322. The van der Waals surface area contributed by atoms with Crippen LogP contribution in [0.2, 0.25) is 0 Å². The number of benzene rings is 1. The second kappa shape index (κ2) is 12.3. The number of halogens is 1. The van der Waals surface area contributed by atoms with Crippen molar-refractivity contribution in [3.05, 3.63) is 47.7 Å². The molecule has 0 fully saturated rings. The maximum atomic E-state index is 5.58. The molecule has 154 valence electrons. The van der Waals surface area contributed by atoms with Gasteiger partial charge in [-0.2, -0.15) is 0 Å². The lowest BCUT2D eigenvalue weighted by Gasteiger charge is -2.23. The summed E-state index contributed by atoms with van der Waals surface area (Å²) in [7, 11) is 7.03. The SMILES string of the molecule is CCOc1ncccc1CNC(=NC)N(C)Cc1ccc(OC)cc1OC.I. The van der Waals surface area contributed by atoms with E-state index >= 15 is 0 Å². The monoisotopic (exact) mass is 500 g/mol. The van der Waals surface area contributed by atoms with Gasteiger partial charge in [0.05, 0.1) is 20.8 Å². The van der Waals surface area contributed by atoms with Crippen LogP contribution in [0, 0.1) is 0 Å². The van der Waals surface area contributed by atoms with Crippen LogP contribution in [-0.2, 0) is 13.1 Å². The summed E-state index contributed by atoms with van der Waals surface area (Å²) >= 11 is 0. The Morgan fingerprint density at radius 1 is 1.18 bits per heavy atom. The number of aromatic nitrogens is 1. The van der Waals surface area contributed by atoms with Gasteiger partial charge >= 0.3 is 0 Å². The highest BCUT2D eigenvalue weighted by Gasteiger charge is 2.12. The van der Waals surface area contributed by atoms with Crippen molar-refractivity contribution in [3.63, 3.8) is 0 Å². The van der Waals surface area contributed by atoms with E-state index in [2.05, 4.69) is 15.3 Å². The van der Waals surface area contributed by atoms with Crippen molar-refractivity contribution in [2.75, 3.05) is 34.9 Å². The van der Waals surface area contributed by atoms with Gasteiger partial charge in [-0.25, -0.2) is 4.98 Å². The van der Waals surface area contributed by atoms with Gasteiger partial charge < -0.3 is 24.4 Å². The molecule has 1 aromatic heterocycles. The Morgan fingerprint density at radius 2 is 1.96 bits per heavy atom. The Kier molecular flexibility index (Phi) is 10.4. The molecule has 1 N–H and O–H groups in total. The number of aliphatic imine (C=N–C) groups is 1. The largest absolute Gasteiger partial charge is 0.497 e. The molecule has 8 heteroatoms. The van der Waals surface area contributed by atoms with Gasteiger partial charge in [-0.3, -0.25) is 4.99 Å². The van der Waals surface area contributed by atoms with Crippen LogP contribution in [-0.4, -0.2) is 50.8 Å². The van der Waals surface area contributed by atoms with Gasteiger partial charge in [0.15, 0.2) is 5.96 Å². The molecule has 0 bridgehead atoms. The molecular weight excluding hydrogens is 471 g/mol. The van der Waals surface area contributed by atoms with Crippen molar-refractivity contribution in [2.24, 2.45) is 4.99 Å². The fourth-order valence-corrected chi connectivity index (χ4v) is 2.70. The minimum atomic E-state index is 0. The number of rotatable bonds is 8. The standard InChI is InChI=1S/C20H28N4O3.HI/c1-6-27-19-15(8-7-11-22-19)13-23-20(21-2)24(3)14-16-9-10-17(25-4)12-18(16)26-5;/h7-12H,6,13-14H2,1-5H3,(H,21,23);1H. The fourth-order valence-electron chi connectivity index (χ4n) is 2.70. The fraction of sp³-hybridized carbons (Fsp3) is 0.400. The van der Waals surface area contributed by atoms with Crippen LogP contribution >= 0.6 is 24.0 Å². The highest BCUT2D eigenvalue weighted by Crippen LogP contribution is 2.25. The molecule has 0 saturated heterocycles. The van der Waals surface area contributed by atoms with Crippen LogP contribution in [0.4, 0.5) is 0 Å². The number of hydrogen-bond donors (Lipinski definition) is 1. The third-order valence-electron chi connectivity index (χ3n) is 4.04. The van der Waals surface area contributed by atoms with Crippen molar-refractivity contribution < 1.29 is 14.2 Å². The molecule has 2 rings (SSSR count). The van der Waals surface area contributed by atoms with Gasteiger partial charge in [0.1, 0.15) is 11.5 Å². The predicted molar refractivity (Wildman–Crippen MR) is 122 cm³/mol. The Morgan fingerprint density at radius 3 is 2.61 bits per heavy atom. The number of guanidine groups is 1. The molecule has 0 aliphatic carbocycles. The van der Waals surface area contributed by atoms with E-state index in [1.807, 2.05) is 49.2 Å². The summed E-state index contributed by atoms with van der Waals surface area (Å²) < 4.78 is 16.3. The second-order valence-corrected chi connectivity index (χ2v) is 5.84. The molecule has 0 saturated carbocycles. The normalized spacial score (nSPS) is 10.7. The molecule has 2 aromatic rings. The zero-order chi connectivity index (χ0) is 19.6. The third kappa shape index (κ3) is 6.43. The first kappa shape index (κ1) is 23.8. The van der Waals surface area contributed by atoms with Crippen LogP contribution in [0.25, 0.3) is 0 Å². The second-order valence-electron chi connectivity index (χ2n) is 5.84. The number of hydrogen-bond acceptors (Lipinski definition) is 5. The molecule has 0 radical (unpaired) electrons. The zero-order valence-corrected chi connectivity index (χ0v) is 19.4. The summed E-state index contributed by atoms with van der Waals surface area (Å²) in [5, 5.41) is 3.35. The number of ether oxygens (including phenoxy) is 3. The number of methoxy groups -OCH3 is 2. The lowest BCUT2D eigenvalue weighted by Crippen LogP contribution is -2.38. The number of nitrogens with one attached hydrogen (secondary N) is 1. The van der Waals surface area contributed by atoms with E-state index in [0.29, 0.717) is 25.6 Å². The van der Waals surface area contributed by atoms with E-state index < -0.39 is 0 Å². The van der Waals surface area contributed by atoms with Crippen LogP contribution in [0.3, 0.4) is 0 Å². The van der Waals surface area contributed by atoms with Crippen molar-refractivity contribution in [2.45, 2.75) is 20.0 Å². The van der Waals surface area contributed by atoms with Gasteiger partial charge in [0.25, 0.3) is 0 Å². The molecule has 0 aliphatic heterocycles. The summed E-state index contributed by atoms with van der Waals surface area (Å²) in [4.78, 5) is 10.7. The van der Waals surface area contributed by atoms with E-state index in [1.54, 1.807) is 27.5 Å². The average molecular weight is 500 g/mol. The van der Waals surface area contributed by atoms with Crippen LogP contribution in [0.1, 0.15) is 18.1 Å². The Labute approximate surface area is 184 Å². The van der Waals surface area contributed by atoms with Crippen molar-refractivity contribution in [1.82, 2.24) is 15.2 Å². The van der Waals surface area contributed by atoms with Crippen LogP contribution < -0.4 is 19.5 Å². The highest BCUT2D eigenvalue weighted by atomic mass is 127. The molecule has 0 aliphatic rings. The molecular formula is C20H29IN4O3. The Balaban J connectivity index is 0.00000392. The summed E-state index contributed by atoms with van der Waals surface area (Å²) in [6.45, 7) is 3.73. The van der Waals surface area contributed by atoms with E-state index in [4.69, 9.17) is 14.2 Å². The Bertz CT molecular complexity index is 771. The molecule has 28 heavy (non-hydrogen) atoms. The first-order chi connectivity index (χ1) is 13.1. The maximum absolute atomic E-state index is 5.58. The van der Waals surface area contributed by atoms with Gasteiger partial charge in [-0.05, 0) is 25.1 Å². The van der Waals surface area contributed by atoms with Gasteiger partial charge in [-0.1, -0.05) is 6.07 Å². The Hall–Kier alpha value is -2.23. The van der Waals surface area contributed by atoms with E-state index in [-0.39, 0.29) is 24.0 Å². The van der Waals surface area contributed by atoms with Crippen LogP contribution in [0.15, 0.2) is 41.5 Å². The summed E-state index contributed by atoms with van der Waals surface area (Å²) in [6.07, 6.45) is 1.73. The van der Waals surface area contributed by atoms with Crippen molar-refractivity contribution in [3.8, 4) is 17.4 Å². The molecule has 0 atom stereocenters. The van der Waals surface area contributed by atoms with Gasteiger partial charge in [0.2, 0.25) is 5.88 Å². The highest BCUT2D eigenvalue weighted by molar-refractivity contribution is 14.0. The molecule has 0 amide bonds. The van der Waals surface area contributed by atoms with Crippen molar-refractivity contribution >= 4 is 29.9 Å². The van der Waals surface area contributed by atoms with E-state index in [9.17, 15) is 0 Å². The summed E-state index contributed by atoms with van der Waals surface area (Å²) in [5.74, 6) is 2.95. The smallest absolute Gasteiger partial charge is 0.218 e. The molecule has 7 nitrogen and oxygen atoms in total.